The summed E-state index contributed by atoms with van der Waals surface area (Å²) in [6.45, 7) is 1.78. The van der Waals surface area contributed by atoms with Gasteiger partial charge in [-0.1, -0.05) is 17.7 Å². The Morgan fingerprint density at radius 2 is 2.05 bits per heavy atom. The molecule has 0 aromatic heterocycles. The first-order valence-electron chi connectivity index (χ1n) is 6.13. The molecule has 1 fully saturated rings. The van der Waals surface area contributed by atoms with Gasteiger partial charge in [0.2, 0.25) is 10.0 Å². The fourth-order valence-electron chi connectivity index (χ4n) is 2.15. The zero-order valence-corrected chi connectivity index (χ0v) is 13.5. The molecule has 0 atom stereocenters. The van der Waals surface area contributed by atoms with E-state index in [1.165, 1.54) is 0 Å². The summed E-state index contributed by atoms with van der Waals surface area (Å²) in [6.07, 6.45) is 1.80. The molecule has 0 spiro atoms. The molecule has 0 amide bonds. The van der Waals surface area contributed by atoms with Gasteiger partial charge < -0.3 is 5.32 Å². The van der Waals surface area contributed by atoms with Crippen molar-refractivity contribution in [3.8, 4) is 0 Å². The molecule has 106 valence electrons. The second kappa shape index (κ2) is 6.43. The molecule has 0 unspecified atom stereocenters. The summed E-state index contributed by atoms with van der Waals surface area (Å²) in [5, 5.41) is 3.71. The molecule has 2 N–H and O–H groups in total. The highest BCUT2D eigenvalue weighted by Crippen LogP contribution is 2.31. The van der Waals surface area contributed by atoms with E-state index in [4.69, 9.17) is 11.6 Å². The maximum atomic E-state index is 12.1. The Labute approximate surface area is 127 Å². The van der Waals surface area contributed by atoms with Crippen LogP contribution in [0.2, 0.25) is 5.02 Å². The van der Waals surface area contributed by atoms with Crippen LogP contribution in [-0.4, -0.2) is 27.3 Å². The second-order valence-electron chi connectivity index (χ2n) is 4.68. The SMILES string of the molecule is O=S(=O)(CC1CCNCC1)Nc1cccc(Cl)c1Br. The van der Waals surface area contributed by atoms with Gasteiger partial charge in [0, 0.05) is 0 Å². The van der Waals surface area contributed by atoms with Gasteiger partial charge in [-0.15, -0.1) is 0 Å². The van der Waals surface area contributed by atoms with Gasteiger partial charge in [-0.05, 0) is 59.9 Å². The Morgan fingerprint density at radius 1 is 1.37 bits per heavy atom. The lowest BCUT2D eigenvalue weighted by Gasteiger charge is -2.22. The first-order valence-corrected chi connectivity index (χ1v) is 8.95. The Hall–Kier alpha value is -0.300. The molecule has 19 heavy (non-hydrogen) atoms. The minimum atomic E-state index is -3.34. The molecule has 0 bridgehead atoms. The summed E-state index contributed by atoms with van der Waals surface area (Å²) in [5.41, 5.74) is 0.487. The number of rotatable bonds is 4. The van der Waals surface area contributed by atoms with E-state index in [1.54, 1.807) is 18.2 Å². The van der Waals surface area contributed by atoms with Crippen LogP contribution >= 0.6 is 27.5 Å². The molecule has 0 aliphatic carbocycles. The van der Waals surface area contributed by atoms with Gasteiger partial charge in [0.15, 0.2) is 0 Å². The number of benzene rings is 1. The van der Waals surface area contributed by atoms with Crippen molar-refractivity contribution >= 4 is 43.2 Å². The molecule has 7 heteroatoms. The van der Waals surface area contributed by atoms with Gasteiger partial charge in [-0.2, -0.15) is 0 Å². The molecule has 2 rings (SSSR count). The third kappa shape index (κ3) is 4.34. The summed E-state index contributed by atoms with van der Waals surface area (Å²) in [7, 11) is -3.34. The van der Waals surface area contributed by atoms with Crippen molar-refractivity contribution < 1.29 is 8.42 Å². The van der Waals surface area contributed by atoms with E-state index in [0.717, 1.165) is 25.9 Å². The van der Waals surface area contributed by atoms with Gasteiger partial charge in [0.1, 0.15) is 0 Å². The lowest BCUT2D eigenvalue weighted by atomic mass is 10.0. The average molecular weight is 368 g/mol. The third-order valence-electron chi connectivity index (χ3n) is 3.13. The lowest BCUT2D eigenvalue weighted by molar-refractivity contribution is 0.402. The second-order valence-corrected chi connectivity index (χ2v) is 7.65. The van der Waals surface area contributed by atoms with Crippen LogP contribution in [0.4, 0.5) is 5.69 Å². The minimum Gasteiger partial charge on any atom is -0.317 e. The first kappa shape index (κ1) is 15.1. The largest absolute Gasteiger partial charge is 0.317 e. The third-order valence-corrected chi connectivity index (χ3v) is 5.97. The van der Waals surface area contributed by atoms with Crippen LogP contribution in [0.15, 0.2) is 22.7 Å². The molecule has 0 radical (unpaired) electrons. The topological polar surface area (TPSA) is 58.2 Å². The fourth-order valence-corrected chi connectivity index (χ4v) is 4.36. The Kier molecular flexibility index (Phi) is 5.11. The summed E-state index contributed by atoms with van der Waals surface area (Å²) in [5.74, 6) is 0.380. The highest BCUT2D eigenvalue weighted by atomic mass is 79.9. The van der Waals surface area contributed by atoms with E-state index in [0.29, 0.717) is 15.2 Å². The Morgan fingerprint density at radius 3 is 2.74 bits per heavy atom. The molecule has 1 aromatic carbocycles. The van der Waals surface area contributed by atoms with Crippen molar-refractivity contribution in [1.29, 1.82) is 0 Å². The first-order chi connectivity index (χ1) is 8.98. The van der Waals surface area contributed by atoms with Crippen molar-refractivity contribution in [2.24, 2.45) is 5.92 Å². The van der Waals surface area contributed by atoms with E-state index in [9.17, 15) is 8.42 Å². The fraction of sp³-hybridized carbons (Fsp3) is 0.500. The van der Waals surface area contributed by atoms with Gasteiger partial charge in [-0.25, -0.2) is 8.42 Å². The summed E-state index contributed by atoms with van der Waals surface area (Å²) < 4.78 is 27.4. The molecular weight excluding hydrogens is 352 g/mol. The molecule has 1 aliphatic heterocycles. The predicted molar refractivity (Wildman–Crippen MR) is 82.2 cm³/mol. The number of nitrogens with one attached hydrogen (secondary N) is 2. The van der Waals surface area contributed by atoms with Crippen LogP contribution in [0.3, 0.4) is 0 Å². The Bertz CT molecular complexity index is 545. The normalized spacial score (nSPS) is 17.4. The quantitative estimate of drug-likeness (QED) is 0.860. The van der Waals surface area contributed by atoms with Crippen LogP contribution in [-0.2, 0) is 10.0 Å². The molecule has 1 saturated heterocycles. The van der Waals surface area contributed by atoms with Crippen LogP contribution in [0.5, 0.6) is 0 Å². The van der Waals surface area contributed by atoms with Crippen LogP contribution < -0.4 is 10.0 Å². The minimum absolute atomic E-state index is 0.160. The van der Waals surface area contributed by atoms with Gasteiger partial charge in [0.25, 0.3) is 0 Å². The van der Waals surface area contributed by atoms with E-state index in [2.05, 4.69) is 26.0 Å². The van der Waals surface area contributed by atoms with E-state index < -0.39 is 10.0 Å². The summed E-state index contributed by atoms with van der Waals surface area (Å²) in [4.78, 5) is 0. The van der Waals surface area contributed by atoms with E-state index in [1.807, 2.05) is 0 Å². The number of hydrogen-bond acceptors (Lipinski definition) is 3. The molecule has 1 aliphatic rings. The molecule has 4 nitrogen and oxygen atoms in total. The van der Waals surface area contributed by atoms with E-state index in [-0.39, 0.29) is 11.7 Å². The summed E-state index contributed by atoms with van der Waals surface area (Å²) >= 11 is 9.23. The van der Waals surface area contributed by atoms with Crippen molar-refractivity contribution in [3.05, 3.63) is 27.7 Å². The van der Waals surface area contributed by atoms with E-state index >= 15 is 0 Å². The van der Waals surface area contributed by atoms with Gasteiger partial charge in [0.05, 0.1) is 20.9 Å². The van der Waals surface area contributed by atoms with Crippen molar-refractivity contribution in [1.82, 2.24) is 5.32 Å². The number of sulfonamides is 1. The maximum Gasteiger partial charge on any atom is 0.233 e. The maximum absolute atomic E-state index is 12.1. The smallest absolute Gasteiger partial charge is 0.233 e. The van der Waals surface area contributed by atoms with Crippen molar-refractivity contribution in [3.63, 3.8) is 0 Å². The number of anilines is 1. The number of piperidine rings is 1. The summed E-state index contributed by atoms with van der Waals surface area (Å²) in [6, 6.07) is 5.11. The molecule has 1 aromatic rings. The van der Waals surface area contributed by atoms with Crippen molar-refractivity contribution in [2.75, 3.05) is 23.6 Å². The highest BCUT2D eigenvalue weighted by Gasteiger charge is 2.22. The molecule has 1 heterocycles. The average Bonchev–Trinajstić information content (AvgIpc) is 2.35. The van der Waals surface area contributed by atoms with Gasteiger partial charge in [-0.3, -0.25) is 4.72 Å². The number of halogens is 2. The van der Waals surface area contributed by atoms with Crippen molar-refractivity contribution in [2.45, 2.75) is 12.8 Å². The van der Waals surface area contributed by atoms with Crippen LogP contribution in [0, 0.1) is 5.92 Å². The monoisotopic (exact) mass is 366 g/mol. The zero-order valence-electron chi connectivity index (χ0n) is 10.3. The molecule has 0 saturated carbocycles. The standard InChI is InChI=1S/C12H16BrClN2O2S/c13-12-10(14)2-1-3-11(12)16-19(17,18)8-9-4-6-15-7-5-9/h1-3,9,15-16H,4-8H2. The Balaban J connectivity index is 2.06. The zero-order chi connectivity index (χ0) is 13.9. The highest BCUT2D eigenvalue weighted by molar-refractivity contribution is 9.10. The lowest BCUT2D eigenvalue weighted by Crippen LogP contribution is -2.33. The molecular formula is C12H16BrClN2O2S. The van der Waals surface area contributed by atoms with Crippen LogP contribution in [0.25, 0.3) is 0 Å². The predicted octanol–water partition coefficient (Wildman–Crippen LogP) is 2.84. The number of hydrogen-bond donors (Lipinski definition) is 2. The van der Waals surface area contributed by atoms with Crippen LogP contribution in [0.1, 0.15) is 12.8 Å². The van der Waals surface area contributed by atoms with Gasteiger partial charge >= 0.3 is 0 Å².